The first-order chi connectivity index (χ1) is 8.29. The van der Waals surface area contributed by atoms with Gasteiger partial charge in [0.05, 0.1) is 5.69 Å². The van der Waals surface area contributed by atoms with Crippen molar-refractivity contribution in [2.45, 2.75) is 6.42 Å². The Morgan fingerprint density at radius 3 is 2.59 bits per heavy atom. The Morgan fingerprint density at radius 2 is 2.00 bits per heavy atom. The summed E-state index contributed by atoms with van der Waals surface area (Å²) in [6.45, 7) is 0.625. The molecule has 0 atom stereocenters. The van der Waals surface area contributed by atoms with Crippen LogP contribution < -0.4 is 11.1 Å². The maximum Gasteiger partial charge on any atom is 0.255 e. The molecule has 4 heteroatoms. The maximum atomic E-state index is 11.9. The van der Waals surface area contributed by atoms with E-state index < -0.39 is 0 Å². The molecule has 0 bridgehead atoms. The number of amides is 1. The molecule has 17 heavy (non-hydrogen) atoms. The first kappa shape index (κ1) is 11.8. The minimum Gasteiger partial charge on any atom is -0.330 e. The Labute approximate surface area is 104 Å². The van der Waals surface area contributed by atoms with Crippen LogP contribution in [0.15, 0.2) is 41.1 Å². The van der Waals surface area contributed by atoms with Crippen LogP contribution in [0.5, 0.6) is 0 Å². The number of nitrogens with one attached hydrogen (secondary N) is 1. The zero-order valence-corrected chi connectivity index (χ0v) is 10.2. The van der Waals surface area contributed by atoms with Crippen molar-refractivity contribution in [1.82, 2.24) is 0 Å². The van der Waals surface area contributed by atoms with Gasteiger partial charge in [-0.25, -0.2) is 0 Å². The normalized spacial score (nSPS) is 10.2. The highest BCUT2D eigenvalue weighted by Crippen LogP contribution is 2.13. The van der Waals surface area contributed by atoms with Gasteiger partial charge in [0, 0.05) is 10.9 Å². The quantitative estimate of drug-likeness (QED) is 0.871. The highest BCUT2D eigenvalue weighted by Gasteiger charge is 2.05. The minimum atomic E-state index is -0.0808. The van der Waals surface area contributed by atoms with Gasteiger partial charge in [0.1, 0.15) is 0 Å². The molecule has 3 nitrogen and oxygen atoms in total. The van der Waals surface area contributed by atoms with Crippen molar-refractivity contribution >= 4 is 22.9 Å². The molecule has 0 unspecified atom stereocenters. The average Bonchev–Trinajstić information content (AvgIpc) is 2.83. The molecule has 0 saturated heterocycles. The number of thiophene rings is 1. The third-order valence-electron chi connectivity index (χ3n) is 2.43. The fourth-order valence-corrected chi connectivity index (χ4v) is 2.12. The van der Waals surface area contributed by atoms with Crippen LogP contribution in [0.1, 0.15) is 15.9 Å². The summed E-state index contributed by atoms with van der Waals surface area (Å²) < 4.78 is 0. The molecule has 1 amide bonds. The van der Waals surface area contributed by atoms with E-state index in [1.165, 1.54) is 0 Å². The molecule has 0 aliphatic rings. The molecule has 0 aliphatic heterocycles. The number of anilines is 1. The zero-order valence-electron chi connectivity index (χ0n) is 9.35. The lowest BCUT2D eigenvalue weighted by molar-refractivity contribution is 0.102. The van der Waals surface area contributed by atoms with Gasteiger partial charge in [-0.05, 0) is 42.1 Å². The SMILES string of the molecule is NCCc1ccc(C(=O)Nc2ccsc2)cc1. The number of carbonyl (C=O) groups excluding carboxylic acids is 1. The lowest BCUT2D eigenvalue weighted by Crippen LogP contribution is -2.11. The predicted molar refractivity (Wildman–Crippen MR) is 71.5 cm³/mol. The highest BCUT2D eigenvalue weighted by molar-refractivity contribution is 7.08. The third kappa shape index (κ3) is 3.15. The van der Waals surface area contributed by atoms with Gasteiger partial charge >= 0.3 is 0 Å². The predicted octanol–water partition coefficient (Wildman–Crippen LogP) is 2.50. The molecule has 3 N–H and O–H groups in total. The van der Waals surface area contributed by atoms with Crippen molar-refractivity contribution in [3.8, 4) is 0 Å². The molecule has 0 fully saturated rings. The van der Waals surface area contributed by atoms with Gasteiger partial charge in [0.15, 0.2) is 0 Å². The van der Waals surface area contributed by atoms with E-state index in [2.05, 4.69) is 5.32 Å². The number of benzene rings is 1. The molecule has 0 radical (unpaired) electrons. The lowest BCUT2D eigenvalue weighted by atomic mass is 10.1. The minimum absolute atomic E-state index is 0.0808. The molecule has 0 spiro atoms. The van der Waals surface area contributed by atoms with Crippen LogP contribution in [-0.4, -0.2) is 12.5 Å². The first-order valence-electron chi connectivity index (χ1n) is 5.42. The largest absolute Gasteiger partial charge is 0.330 e. The van der Waals surface area contributed by atoms with Crippen molar-refractivity contribution in [3.63, 3.8) is 0 Å². The summed E-state index contributed by atoms with van der Waals surface area (Å²) in [5.41, 5.74) is 8.13. The molecule has 2 aromatic rings. The molecular formula is C13H14N2OS. The van der Waals surface area contributed by atoms with E-state index in [4.69, 9.17) is 5.73 Å². The number of rotatable bonds is 4. The van der Waals surface area contributed by atoms with Gasteiger partial charge in [-0.3, -0.25) is 4.79 Å². The Morgan fingerprint density at radius 1 is 1.24 bits per heavy atom. The third-order valence-corrected chi connectivity index (χ3v) is 3.11. The molecule has 88 valence electrons. The van der Waals surface area contributed by atoms with Crippen molar-refractivity contribution in [2.24, 2.45) is 5.73 Å². The van der Waals surface area contributed by atoms with E-state index in [1.807, 2.05) is 41.1 Å². The number of hydrogen-bond acceptors (Lipinski definition) is 3. The second-order valence-electron chi connectivity index (χ2n) is 3.70. The Balaban J connectivity index is 2.04. The van der Waals surface area contributed by atoms with E-state index >= 15 is 0 Å². The fraction of sp³-hybridized carbons (Fsp3) is 0.154. The number of nitrogens with two attached hydrogens (primary N) is 1. The summed E-state index contributed by atoms with van der Waals surface area (Å²) in [6.07, 6.45) is 0.840. The highest BCUT2D eigenvalue weighted by atomic mass is 32.1. The fourth-order valence-electron chi connectivity index (χ4n) is 1.53. The Hall–Kier alpha value is -1.65. The van der Waals surface area contributed by atoms with Crippen LogP contribution in [0.3, 0.4) is 0 Å². The van der Waals surface area contributed by atoms with Crippen molar-refractivity contribution in [3.05, 3.63) is 52.2 Å². The van der Waals surface area contributed by atoms with Gasteiger partial charge < -0.3 is 11.1 Å². The summed E-state index contributed by atoms with van der Waals surface area (Å²) in [6, 6.07) is 9.41. The summed E-state index contributed by atoms with van der Waals surface area (Å²) in [7, 11) is 0. The van der Waals surface area contributed by atoms with Crippen molar-refractivity contribution in [1.29, 1.82) is 0 Å². The van der Waals surface area contributed by atoms with E-state index in [9.17, 15) is 4.79 Å². The van der Waals surface area contributed by atoms with E-state index in [0.717, 1.165) is 17.7 Å². The van der Waals surface area contributed by atoms with Crippen LogP contribution >= 0.6 is 11.3 Å². The van der Waals surface area contributed by atoms with Gasteiger partial charge in [-0.1, -0.05) is 12.1 Å². The van der Waals surface area contributed by atoms with Crippen LogP contribution in [0.2, 0.25) is 0 Å². The van der Waals surface area contributed by atoms with Crippen LogP contribution in [-0.2, 0) is 6.42 Å². The first-order valence-corrected chi connectivity index (χ1v) is 6.36. The number of hydrogen-bond donors (Lipinski definition) is 2. The molecule has 1 aromatic carbocycles. The lowest BCUT2D eigenvalue weighted by Gasteiger charge is -2.04. The maximum absolute atomic E-state index is 11.9. The second kappa shape index (κ2) is 5.61. The van der Waals surface area contributed by atoms with E-state index in [1.54, 1.807) is 11.3 Å². The van der Waals surface area contributed by atoms with Gasteiger partial charge in [-0.15, -0.1) is 0 Å². The standard InChI is InChI=1S/C13H14N2OS/c14-7-5-10-1-3-11(4-2-10)13(16)15-12-6-8-17-9-12/h1-4,6,8-9H,5,7,14H2,(H,15,16). The van der Waals surface area contributed by atoms with Crippen molar-refractivity contribution < 1.29 is 4.79 Å². The van der Waals surface area contributed by atoms with Crippen LogP contribution in [0.4, 0.5) is 5.69 Å². The molecule has 1 aromatic heterocycles. The van der Waals surface area contributed by atoms with Gasteiger partial charge in [-0.2, -0.15) is 11.3 Å². The second-order valence-corrected chi connectivity index (χ2v) is 4.48. The van der Waals surface area contributed by atoms with Crippen LogP contribution in [0.25, 0.3) is 0 Å². The molecule has 0 saturated carbocycles. The molecule has 2 rings (SSSR count). The summed E-state index contributed by atoms with van der Waals surface area (Å²) >= 11 is 1.56. The van der Waals surface area contributed by atoms with E-state index in [0.29, 0.717) is 12.1 Å². The molecule has 1 heterocycles. The zero-order chi connectivity index (χ0) is 12.1. The summed E-state index contributed by atoms with van der Waals surface area (Å²) in [5, 5.41) is 6.67. The molecular weight excluding hydrogens is 232 g/mol. The Bertz CT molecular complexity index is 477. The summed E-state index contributed by atoms with van der Waals surface area (Å²) in [4.78, 5) is 11.9. The average molecular weight is 246 g/mol. The van der Waals surface area contributed by atoms with Crippen molar-refractivity contribution in [2.75, 3.05) is 11.9 Å². The van der Waals surface area contributed by atoms with Gasteiger partial charge in [0.25, 0.3) is 5.91 Å². The Kier molecular flexibility index (Phi) is 3.90. The monoisotopic (exact) mass is 246 g/mol. The van der Waals surface area contributed by atoms with E-state index in [-0.39, 0.29) is 5.91 Å². The summed E-state index contributed by atoms with van der Waals surface area (Å²) in [5.74, 6) is -0.0808. The topological polar surface area (TPSA) is 55.1 Å². The number of carbonyl (C=O) groups is 1. The molecule has 0 aliphatic carbocycles. The van der Waals surface area contributed by atoms with Crippen LogP contribution in [0, 0.1) is 0 Å². The van der Waals surface area contributed by atoms with Gasteiger partial charge in [0.2, 0.25) is 0 Å². The smallest absolute Gasteiger partial charge is 0.255 e.